The van der Waals surface area contributed by atoms with E-state index in [2.05, 4.69) is 15.5 Å². The molecule has 3 saturated heterocycles. The standard InChI is InChI=1S/C34H40Cl2N4O2/c1-23(2)42-30-8-4-3-7-29(30)34(33(41)40-21-17-28(18-22-40)39-19-5-6-20-39)37-31(24-9-13-26(35)14-10-24)32(38-34)25-11-15-27(36)16-12-25/h3-4,7-16,23,28,31-32,37-38H,5-6,17-22H2,1-2H3. The fourth-order valence-electron chi connectivity index (χ4n) is 6.87. The van der Waals surface area contributed by atoms with Gasteiger partial charge in [0.15, 0.2) is 5.66 Å². The van der Waals surface area contributed by atoms with Gasteiger partial charge in [-0.05, 0) is 94.1 Å². The number of carbonyl (C=O) groups is 1. The highest BCUT2D eigenvalue weighted by atomic mass is 35.5. The number of carbonyl (C=O) groups excluding carboxylic acids is 1. The number of amides is 1. The minimum Gasteiger partial charge on any atom is -0.491 e. The van der Waals surface area contributed by atoms with E-state index in [0.29, 0.717) is 21.8 Å². The predicted molar refractivity (Wildman–Crippen MR) is 169 cm³/mol. The van der Waals surface area contributed by atoms with E-state index < -0.39 is 5.66 Å². The van der Waals surface area contributed by atoms with E-state index in [1.807, 2.05) is 91.5 Å². The van der Waals surface area contributed by atoms with Crippen LogP contribution in [-0.2, 0) is 10.5 Å². The summed E-state index contributed by atoms with van der Waals surface area (Å²) in [5.41, 5.74) is 1.66. The van der Waals surface area contributed by atoms with Crippen LogP contribution in [0.25, 0.3) is 0 Å². The quantitative estimate of drug-likeness (QED) is 0.313. The Kier molecular flexibility index (Phi) is 8.80. The van der Waals surface area contributed by atoms with Crippen LogP contribution >= 0.6 is 23.2 Å². The van der Waals surface area contributed by atoms with E-state index in [9.17, 15) is 4.79 Å². The average molecular weight is 608 g/mol. The Morgan fingerprint density at radius 2 is 1.33 bits per heavy atom. The topological polar surface area (TPSA) is 56.8 Å². The molecule has 3 aromatic rings. The Balaban J connectivity index is 1.41. The van der Waals surface area contributed by atoms with Crippen molar-refractivity contribution in [1.29, 1.82) is 0 Å². The van der Waals surface area contributed by atoms with Gasteiger partial charge in [-0.3, -0.25) is 15.4 Å². The van der Waals surface area contributed by atoms with Crippen molar-refractivity contribution in [3.63, 3.8) is 0 Å². The molecule has 1 amide bonds. The van der Waals surface area contributed by atoms with Gasteiger partial charge in [-0.25, -0.2) is 0 Å². The monoisotopic (exact) mass is 606 g/mol. The Hall–Kier alpha value is -2.61. The van der Waals surface area contributed by atoms with Crippen LogP contribution in [0.5, 0.6) is 5.75 Å². The van der Waals surface area contributed by atoms with Crippen molar-refractivity contribution < 1.29 is 9.53 Å². The molecule has 2 N–H and O–H groups in total. The molecule has 3 aliphatic heterocycles. The van der Waals surface area contributed by atoms with Crippen molar-refractivity contribution in [2.24, 2.45) is 0 Å². The molecule has 2 atom stereocenters. The van der Waals surface area contributed by atoms with Gasteiger partial charge in [-0.2, -0.15) is 0 Å². The fraction of sp³-hybridized carbons (Fsp3) is 0.441. The van der Waals surface area contributed by atoms with Crippen LogP contribution in [0.1, 0.15) is 68.3 Å². The molecule has 0 aliphatic carbocycles. The molecule has 0 radical (unpaired) electrons. The molecule has 0 spiro atoms. The van der Waals surface area contributed by atoms with E-state index in [-0.39, 0.29) is 24.1 Å². The molecule has 3 heterocycles. The summed E-state index contributed by atoms with van der Waals surface area (Å²) in [6.07, 6.45) is 4.50. The minimum absolute atomic E-state index is 0.0256. The number of nitrogens with zero attached hydrogens (tertiary/aromatic N) is 2. The second-order valence-electron chi connectivity index (χ2n) is 12.0. The zero-order valence-electron chi connectivity index (χ0n) is 24.4. The number of hydrogen-bond acceptors (Lipinski definition) is 5. The van der Waals surface area contributed by atoms with Crippen LogP contribution in [0.15, 0.2) is 72.8 Å². The molecule has 0 saturated carbocycles. The lowest BCUT2D eigenvalue weighted by Gasteiger charge is -2.41. The first kappa shape index (κ1) is 29.5. The summed E-state index contributed by atoms with van der Waals surface area (Å²) < 4.78 is 6.33. The smallest absolute Gasteiger partial charge is 0.262 e. The fourth-order valence-corrected chi connectivity index (χ4v) is 7.12. The molecule has 42 heavy (non-hydrogen) atoms. The van der Waals surface area contributed by atoms with Crippen molar-refractivity contribution in [2.75, 3.05) is 26.2 Å². The zero-order valence-corrected chi connectivity index (χ0v) is 25.9. The highest BCUT2D eigenvalue weighted by Gasteiger charge is 2.54. The number of para-hydroxylation sites is 1. The molecule has 0 aromatic heterocycles. The number of halogens is 2. The summed E-state index contributed by atoms with van der Waals surface area (Å²) >= 11 is 12.6. The maximum absolute atomic E-state index is 14.9. The number of nitrogens with one attached hydrogen (secondary N) is 2. The molecule has 3 aliphatic rings. The Bertz CT molecular complexity index is 1310. The van der Waals surface area contributed by atoms with E-state index in [0.717, 1.165) is 42.6 Å². The third-order valence-corrected chi connectivity index (χ3v) is 9.42. The molecule has 3 fully saturated rings. The van der Waals surface area contributed by atoms with Gasteiger partial charge >= 0.3 is 0 Å². The van der Waals surface area contributed by atoms with Crippen molar-refractivity contribution in [1.82, 2.24) is 20.4 Å². The third-order valence-electron chi connectivity index (χ3n) is 8.92. The first-order valence-electron chi connectivity index (χ1n) is 15.2. The lowest BCUT2D eigenvalue weighted by Crippen LogP contribution is -2.61. The van der Waals surface area contributed by atoms with Crippen molar-refractivity contribution >= 4 is 29.1 Å². The normalized spacial score (nSPS) is 25.3. The largest absolute Gasteiger partial charge is 0.491 e. The van der Waals surface area contributed by atoms with E-state index in [4.69, 9.17) is 27.9 Å². The van der Waals surface area contributed by atoms with Gasteiger partial charge in [-0.1, -0.05) is 65.7 Å². The van der Waals surface area contributed by atoms with Gasteiger partial charge < -0.3 is 14.5 Å². The van der Waals surface area contributed by atoms with Crippen LogP contribution in [0.3, 0.4) is 0 Å². The minimum atomic E-state index is -1.21. The first-order valence-corrected chi connectivity index (χ1v) is 16.0. The van der Waals surface area contributed by atoms with Gasteiger partial charge in [0, 0.05) is 34.7 Å². The summed E-state index contributed by atoms with van der Waals surface area (Å²) in [5.74, 6) is 0.719. The molecule has 6 rings (SSSR count). The summed E-state index contributed by atoms with van der Waals surface area (Å²) in [4.78, 5) is 19.6. The molecular formula is C34H40Cl2N4O2. The predicted octanol–water partition coefficient (Wildman–Crippen LogP) is 6.70. The van der Waals surface area contributed by atoms with Crippen molar-refractivity contribution in [2.45, 2.75) is 69.4 Å². The van der Waals surface area contributed by atoms with Crippen LogP contribution in [0.4, 0.5) is 0 Å². The highest BCUT2D eigenvalue weighted by molar-refractivity contribution is 6.30. The highest BCUT2D eigenvalue weighted by Crippen LogP contribution is 2.45. The number of ether oxygens (including phenoxy) is 1. The molecule has 2 unspecified atom stereocenters. The Labute approximate surface area is 259 Å². The van der Waals surface area contributed by atoms with Crippen LogP contribution in [0, 0.1) is 0 Å². The van der Waals surface area contributed by atoms with Crippen molar-refractivity contribution in [3.8, 4) is 5.75 Å². The Morgan fingerprint density at radius 3 is 1.86 bits per heavy atom. The summed E-state index contributed by atoms with van der Waals surface area (Å²) in [6, 6.07) is 23.7. The maximum atomic E-state index is 14.9. The van der Waals surface area contributed by atoms with Gasteiger partial charge in [0.25, 0.3) is 5.91 Å². The third kappa shape index (κ3) is 5.93. The lowest BCUT2D eigenvalue weighted by molar-refractivity contribution is -0.141. The Morgan fingerprint density at radius 1 is 0.810 bits per heavy atom. The molecule has 0 bridgehead atoms. The van der Waals surface area contributed by atoms with E-state index in [1.165, 1.54) is 25.9 Å². The summed E-state index contributed by atoms with van der Waals surface area (Å²) in [6.45, 7) is 7.84. The maximum Gasteiger partial charge on any atom is 0.262 e. The number of likely N-dealkylation sites (tertiary alicyclic amines) is 2. The van der Waals surface area contributed by atoms with Crippen LogP contribution in [-0.4, -0.2) is 54.0 Å². The van der Waals surface area contributed by atoms with Crippen LogP contribution < -0.4 is 15.4 Å². The number of piperidine rings is 1. The molecular weight excluding hydrogens is 567 g/mol. The molecule has 3 aromatic carbocycles. The summed E-state index contributed by atoms with van der Waals surface area (Å²) in [7, 11) is 0. The van der Waals surface area contributed by atoms with Gasteiger partial charge in [0.1, 0.15) is 5.75 Å². The zero-order chi connectivity index (χ0) is 29.3. The summed E-state index contributed by atoms with van der Waals surface area (Å²) in [5, 5.41) is 9.00. The van der Waals surface area contributed by atoms with Gasteiger partial charge in [0.05, 0.1) is 18.2 Å². The van der Waals surface area contributed by atoms with E-state index >= 15 is 0 Å². The number of rotatable bonds is 7. The average Bonchev–Trinajstić information content (AvgIpc) is 3.68. The molecule has 8 heteroatoms. The van der Waals surface area contributed by atoms with Gasteiger partial charge in [-0.15, -0.1) is 0 Å². The SMILES string of the molecule is CC(C)Oc1ccccc1C1(C(=O)N2CCC(N3CCCC3)CC2)NC(c2ccc(Cl)cc2)C(c2ccc(Cl)cc2)N1. The lowest BCUT2D eigenvalue weighted by atomic mass is 9.94. The molecule has 222 valence electrons. The number of benzene rings is 3. The van der Waals surface area contributed by atoms with Crippen LogP contribution in [0.2, 0.25) is 10.0 Å². The van der Waals surface area contributed by atoms with Crippen molar-refractivity contribution in [3.05, 3.63) is 99.5 Å². The first-order chi connectivity index (χ1) is 20.3. The van der Waals surface area contributed by atoms with Gasteiger partial charge in [0.2, 0.25) is 0 Å². The second-order valence-corrected chi connectivity index (χ2v) is 12.9. The molecule has 6 nitrogen and oxygen atoms in total. The second kappa shape index (κ2) is 12.6. The van der Waals surface area contributed by atoms with E-state index in [1.54, 1.807) is 0 Å². The number of hydrogen-bond donors (Lipinski definition) is 2.